The summed E-state index contributed by atoms with van der Waals surface area (Å²) in [5, 5.41) is 13.4. The minimum absolute atomic E-state index is 0.0827. The maximum atomic E-state index is 11.2. The lowest BCUT2D eigenvalue weighted by molar-refractivity contribution is -0.384. The molecule has 0 bridgehead atoms. The molecule has 0 spiro atoms. The summed E-state index contributed by atoms with van der Waals surface area (Å²) < 4.78 is 5.31. The number of nitro benzene ring substituents is 1. The fraction of sp³-hybridized carbons (Fsp3) is 0.273. The molecular weight excluding hydrogens is 252 g/mol. The van der Waals surface area contributed by atoms with Gasteiger partial charge in [-0.15, -0.1) is 0 Å². The van der Waals surface area contributed by atoms with Gasteiger partial charge in [0.15, 0.2) is 5.58 Å². The van der Waals surface area contributed by atoms with Crippen molar-refractivity contribution in [1.82, 2.24) is 4.98 Å². The molecule has 100 valence electrons. The van der Waals surface area contributed by atoms with E-state index in [1.165, 1.54) is 18.2 Å². The molecule has 0 fully saturated rings. The first-order valence-corrected chi connectivity index (χ1v) is 5.43. The van der Waals surface area contributed by atoms with Gasteiger partial charge in [-0.3, -0.25) is 14.9 Å². The number of nitrogens with two attached hydrogens (primary N) is 1. The number of non-ortho nitro benzene ring substituents is 1. The lowest BCUT2D eigenvalue weighted by Gasteiger charge is -2.20. The highest BCUT2D eigenvalue weighted by atomic mass is 16.6. The van der Waals surface area contributed by atoms with Crippen LogP contribution in [0.1, 0.15) is 13.8 Å². The van der Waals surface area contributed by atoms with Crippen LogP contribution in [-0.4, -0.2) is 21.4 Å². The molecule has 19 heavy (non-hydrogen) atoms. The van der Waals surface area contributed by atoms with Gasteiger partial charge >= 0.3 is 0 Å². The Morgan fingerprint density at radius 3 is 2.79 bits per heavy atom. The molecule has 8 heteroatoms. The second-order valence-electron chi connectivity index (χ2n) is 4.54. The van der Waals surface area contributed by atoms with Crippen molar-refractivity contribution in [2.24, 2.45) is 5.73 Å². The van der Waals surface area contributed by atoms with Gasteiger partial charge in [0.05, 0.1) is 11.0 Å². The van der Waals surface area contributed by atoms with E-state index in [1.807, 2.05) is 0 Å². The minimum atomic E-state index is -1.03. The highest BCUT2D eigenvalue weighted by Crippen LogP contribution is 2.25. The molecule has 1 aromatic carbocycles. The van der Waals surface area contributed by atoms with Gasteiger partial charge in [-0.1, -0.05) is 0 Å². The second-order valence-corrected chi connectivity index (χ2v) is 4.54. The highest BCUT2D eigenvalue weighted by Gasteiger charge is 2.26. The van der Waals surface area contributed by atoms with Gasteiger partial charge in [0, 0.05) is 6.07 Å². The normalized spacial score (nSPS) is 11.5. The van der Waals surface area contributed by atoms with Crippen LogP contribution in [0.5, 0.6) is 0 Å². The van der Waals surface area contributed by atoms with Crippen LogP contribution in [0, 0.1) is 10.1 Å². The van der Waals surface area contributed by atoms with Crippen molar-refractivity contribution in [1.29, 1.82) is 0 Å². The number of nitrogens with one attached hydrogen (secondary N) is 1. The number of amides is 1. The molecule has 0 atom stereocenters. The van der Waals surface area contributed by atoms with Gasteiger partial charge in [-0.05, 0) is 19.9 Å². The van der Waals surface area contributed by atoms with Crippen molar-refractivity contribution in [3.8, 4) is 0 Å². The number of nitrogens with zero attached hydrogens (tertiary/aromatic N) is 2. The number of benzene rings is 1. The Morgan fingerprint density at radius 1 is 1.53 bits per heavy atom. The van der Waals surface area contributed by atoms with Crippen LogP contribution < -0.4 is 11.1 Å². The molecule has 0 saturated carbocycles. The average molecular weight is 264 g/mol. The molecule has 1 amide bonds. The average Bonchev–Trinajstić information content (AvgIpc) is 2.68. The number of anilines is 1. The molecule has 1 aromatic heterocycles. The summed E-state index contributed by atoms with van der Waals surface area (Å²) in [5.74, 6) is -0.569. The van der Waals surface area contributed by atoms with E-state index in [9.17, 15) is 14.9 Å². The number of fused-ring (bicyclic) bond motifs is 1. The lowest BCUT2D eigenvalue weighted by atomic mass is 10.1. The first-order chi connectivity index (χ1) is 8.79. The Morgan fingerprint density at radius 2 is 2.21 bits per heavy atom. The van der Waals surface area contributed by atoms with E-state index < -0.39 is 16.4 Å². The fourth-order valence-electron chi connectivity index (χ4n) is 1.41. The maximum Gasteiger partial charge on any atom is 0.296 e. The third kappa shape index (κ3) is 2.46. The molecule has 0 aliphatic carbocycles. The van der Waals surface area contributed by atoms with E-state index in [1.54, 1.807) is 13.8 Å². The number of primary amides is 1. The molecule has 0 aliphatic heterocycles. The quantitative estimate of drug-likeness (QED) is 0.635. The Balaban J connectivity index is 2.37. The summed E-state index contributed by atoms with van der Waals surface area (Å²) in [6, 6.07) is 4.15. The van der Waals surface area contributed by atoms with Crippen molar-refractivity contribution >= 4 is 28.7 Å². The van der Waals surface area contributed by atoms with Crippen molar-refractivity contribution in [2.45, 2.75) is 19.4 Å². The number of aromatic nitrogens is 1. The van der Waals surface area contributed by atoms with Gasteiger partial charge in [0.1, 0.15) is 11.1 Å². The Bertz CT molecular complexity index is 662. The molecule has 1 heterocycles. The van der Waals surface area contributed by atoms with E-state index in [0.717, 1.165) is 0 Å². The topological polar surface area (TPSA) is 124 Å². The van der Waals surface area contributed by atoms with Crippen LogP contribution in [0.4, 0.5) is 11.7 Å². The summed E-state index contributed by atoms with van der Waals surface area (Å²) in [6.45, 7) is 3.15. The van der Waals surface area contributed by atoms with Crippen molar-refractivity contribution < 1.29 is 14.1 Å². The van der Waals surface area contributed by atoms with Crippen molar-refractivity contribution in [2.75, 3.05) is 5.32 Å². The number of rotatable bonds is 4. The third-order valence-electron chi connectivity index (χ3n) is 2.62. The van der Waals surface area contributed by atoms with Crippen LogP contribution in [0.3, 0.4) is 0 Å². The van der Waals surface area contributed by atoms with Gasteiger partial charge in [0.25, 0.3) is 11.7 Å². The number of nitro groups is 1. The van der Waals surface area contributed by atoms with Gasteiger partial charge in [-0.2, -0.15) is 4.98 Å². The molecule has 8 nitrogen and oxygen atoms in total. The zero-order valence-electron chi connectivity index (χ0n) is 10.3. The van der Waals surface area contributed by atoms with E-state index in [0.29, 0.717) is 5.52 Å². The minimum Gasteiger partial charge on any atom is -0.423 e. The summed E-state index contributed by atoms with van der Waals surface area (Å²) in [4.78, 5) is 25.4. The zero-order valence-corrected chi connectivity index (χ0v) is 10.3. The predicted molar refractivity (Wildman–Crippen MR) is 67.6 cm³/mol. The summed E-state index contributed by atoms with van der Waals surface area (Å²) in [5.41, 5.74) is 4.80. The molecule has 0 unspecified atom stereocenters. The third-order valence-corrected chi connectivity index (χ3v) is 2.62. The largest absolute Gasteiger partial charge is 0.423 e. The first-order valence-electron chi connectivity index (χ1n) is 5.43. The van der Waals surface area contributed by atoms with E-state index in [4.69, 9.17) is 10.2 Å². The molecule has 3 N–H and O–H groups in total. The zero-order chi connectivity index (χ0) is 14.2. The standard InChI is InChI=1S/C11H12N4O4/c1-11(2,9(12)16)14-10-13-7-4-3-6(15(17)18)5-8(7)19-10/h3-5H,1-2H3,(H2,12,16)(H,13,14). The first kappa shape index (κ1) is 12.8. The summed E-state index contributed by atoms with van der Waals surface area (Å²) in [6.07, 6.45) is 0. The number of carbonyl (C=O) groups excluding carboxylic acids is 1. The van der Waals surface area contributed by atoms with Crippen molar-refractivity contribution in [3.63, 3.8) is 0 Å². The van der Waals surface area contributed by atoms with Crippen LogP contribution in [0.15, 0.2) is 22.6 Å². The molecule has 0 saturated heterocycles. The highest BCUT2D eigenvalue weighted by molar-refractivity contribution is 5.87. The van der Waals surface area contributed by atoms with Gasteiger partial charge in [-0.25, -0.2) is 0 Å². The molecule has 0 aliphatic rings. The number of hydrogen-bond acceptors (Lipinski definition) is 6. The smallest absolute Gasteiger partial charge is 0.296 e. The van der Waals surface area contributed by atoms with Crippen LogP contribution in [-0.2, 0) is 4.79 Å². The number of oxazole rings is 1. The van der Waals surface area contributed by atoms with E-state index in [-0.39, 0.29) is 17.3 Å². The molecular formula is C11H12N4O4. The Kier molecular flexibility index (Phi) is 2.85. The van der Waals surface area contributed by atoms with Crippen LogP contribution in [0.25, 0.3) is 11.1 Å². The van der Waals surface area contributed by atoms with E-state index in [2.05, 4.69) is 10.3 Å². The number of hydrogen-bond donors (Lipinski definition) is 2. The lowest BCUT2D eigenvalue weighted by Crippen LogP contribution is -2.45. The number of carbonyl (C=O) groups is 1. The van der Waals surface area contributed by atoms with Crippen LogP contribution in [0.2, 0.25) is 0 Å². The maximum absolute atomic E-state index is 11.2. The molecule has 2 aromatic rings. The SMILES string of the molecule is CC(C)(Nc1nc2ccc([N+](=O)[O-])cc2o1)C(N)=O. The monoisotopic (exact) mass is 264 g/mol. The Hall–Kier alpha value is -2.64. The summed E-state index contributed by atoms with van der Waals surface area (Å²) in [7, 11) is 0. The van der Waals surface area contributed by atoms with E-state index >= 15 is 0 Å². The summed E-state index contributed by atoms with van der Waals surface area (Å²) >= 11 is 0. The predicted octanol–water partition coefficient (Wildman–Crippen LogP) is 1.41. The van der Waals surface area contributed by atoms with Gasteiger partial charge < -0.3 is 15.5 Å². The second kappa shape index (κ2) is 4.23. The van der Waals surface area contributed by atoms with Crippen LogP contribution >= 0.6 is 0 Å². The Labute approximate surface area is 107 Å². The van der Waals surface area contributed by atoms with Gasteiger partial charge in [0.2, 0.25) is 5.91 Å². The van der Waals surface area contributed by atoms with Crippen molar-refractivity contribution in [3.05, 3.63) is 28.3 Å². The fourth-order valence-corrected chi connectivity index (χ4v) is 1.41. The molecule has 2 rings (SSSR count). The molecule has 0 radical (unpaired) electrons.